The maximum absolute atomic E-state index is 11.2. The maximum Gasteiger partial charge on any atom is 0.308 e. The smallest absolute Gasteiger partial charge is 0.308 e. The third-order valence-corrected chi connectivity index (χ3v) is 3.78. The lowest BCUT2D eigenvalue weighted by Crippen LogP contribution is -2.34. The molecule has 18 heavy (non-hydrogen) atoms. The fourth-order valence-electron chi connectivity index (χ4n) is 2.65. The Labute approximate surface area is 107 Å². The first-order chi connectivity index (χ1) is 8.55. The SMILES string of the molecule is COc1ccc(CC2(C)CNCC2C(=O)O)cc1. The molecule has 0 radical (unpaired) electrons. The minimum atomic E-state index is -0.712. The third-order valence-electron chi connectivity index (χ3n) is 3.78. The normalized spacial score (nSPS) is 27.1. The Kier molecular flexibility index (Phi) is 3.57. The van der Waals surface area contributed by atoms with Crippen LogP contribution in [0.25, 0.3) is 0 Å². The summed E-state index contributed by atoms with van der Waals surface area (Å²) in [6.07, 6.45) is 0.765. The van der Waals surface area contributed by atoms with Crippen LogP contribution in [0.2, 0.25) is 0 Å². The molecule has 1 aromatic carbocycles. The Morgan fingerprint density at radius 2 is 2.17 bits per heavy atom. The van der Waals surface area contributed by atoms with Gasteiger partial charge in [-0.2, -0.15) is 0 Å². The van der Waals surface area contributed by atoms with E-state index >= 15 is 0 Å². The molecule has 1 fully saturated rings. The molecular weight excluding hydrogens is 230 g/mol. The first-order valence-corrected chi connectivity index (χ1v) is 6.11. The monoisotopic (exact) mass is 249 g/mol. The highest BCUT2D eigenvalue weighted by molar-refractivity contribution is 5.72. The van der Waals surface area contributed by atoms with Crippen LogP contribution < -0.4 is 10.1 Å². The Bertz CT molecular complexity index is 429. The average Bonchev–Trinajstić information content (AvgIpc) is 2.72. The quantitative estimate of drug-likeness (QED) is 0.850. The van der Waals surface area contributed by atoms with Gasteiger partial charge in [-0.15, -0.1) is 0 Å². The lowest BCUT2D eigenvalue weighted by atomic mass is 9.75. The van der Waals surface area contributed by atoms with Crippen LogP contribution in [0.3, 0.4) is 0 Å². The number of carboxylic acids is 1. The van der Waals surface area contributed by atoms with Crippen LogP contribution in [0.15, 0.2) is 24.3 Å². The van der Waals surface area contributed by atoms with Gasteiger partial charge in [0.1, 0.15) is 5.75 Å². The van der Waals surface area contributed by atoms with Crippen molar-refractivity contribution in [2.45, 2.75) is 13.3 Å². The zero-order chi connectivity index (χ0) is 13.2. The third kappa shape index (κ3) is 2.48. The van der Waals surface area contributed by atoms with Crippen molar-refractivity contribution >= 4 is 5.97 Å². The van der Waals surface area contributed by atoms with E-state index in [1.165, 1.54) is 0 Å². The standard InChI is InChI=1S/C14H19NO3/c1-14(9-15-8-12(14)13(16)17)7-10-3-5-11(18-2)6-4-10/h3-6,12,15H,7-9H2,1-2H3,(H,16,17). The summed E-state index contributed by atoms with van der Waals surface area (Å²) < 4.78 is 5.12. The fraction of sp³-hybridized carbons (Fsp3) is 0.500. The highest BCUT2D eigenvalue weighted by Gasteiger charge is 2.43. The molecule has 1 saturated heterocycles. The number of ether oxygens (including phenoxy) is 1. The molecule has 0 aromatic heterocycles. The lowest BCUT2D eigenvalue weighted by molar-refractivity contribution is -0.144. The number of hydrogen-bond acceptors (Lipinski definition) is 3. The molecule has 1 aliphatic rings. The Morgan fingerprint density at radius 1 is 1.50 bits per heavy atom. The molecule has 0 aliphatic carbocycles. The van der Waals surface area contributed by atoms with Crippen LogP contribution in [-0.4, -0.2) is 31.3 Å². The molecule has 2 atom stereocenters. The Balaban J connectivity index is 2.13. The van der Waals surface area contributed by atoms with Crippen LogP contribution in [0.4, 0.5) is 0 Å². The second kappa shape index (κ2) is 4.98. The van der Waals surface area contributed by atoms with Crippen molar-refractivity contribution in [3.63, 3.8) is 0 Å². The van der Waals surface area contributed by atoms with E-state index in [-0.39, 0.29) is 11.3 Å². The topological polar surface area (TPSA) is 58.6 Å². The number of methoxy groups -OCH3 is 1. The van der Waals surface area contributed by atoms with Crippen molar-refractivity contribution in [1.29, 1.82) is 0 Å². The predicted octanol–water partition coefficient (Wildman–Crippen LogP) is 1.55. The van der Waals surface area contributed by atoms with E-state index in [4.69, 9.17) is 4.74 Å². The first-order valence-electron chi connectivity index (χ1n) is 6.11. The molecule has 0 amide bonds. The van der Waals surface area contributed by atoms with Crippen LogP contribution in [0.5, 0.6) is 5.75 Å². The first kappa shape index (κ1) is 12.9. The highest BCUT2D eigenvalue weighted by atomic mass is 16.5. The molecule has 1 aliphatic heterocycles. The van der Waals surface area contributed by atoms with Gasteiger partial charge in [0.15, 0.2) is 0 Å². The van der Waals surface area contributed by atoms with Crippen LogP contribution in [0, 0.1) is 11.3 Å². The van der Waals surface area contributed by atoms with Crippen molar-refractivity contribution in [2.24, 2.45) is 11.3 Å². The summed E-state index contributed by atoms with van der Waals surface area (Å²) in [7, 11) is 1.64. The van der Waals surface area contributed by atoms with Gasteiger partial charge < -0.3 is 15.2 Å². The molecule has 0 bridgehead atoms. The summed E-state index contributed by atoms with van der Waals surface area (Å²) in [5.74, 6) is -0.209. The van der Waals surface area contributed by atoms with Crippen molar-refractivity contribution < 1.29 is 14.6 Å². The van der Waals surface area contributed by atoms with E-state index in [9.17, 15) is 9.90 Å². The van der Waals surface area contributed by atoms with Gasteiger partial charge in [-0.3, -0.25) is 4.79 Å². The van der Waals surface area contributed by atoms with Crippen LogP contribution in [-0.2, 0) is 11.2 Å². The summed E-state index contributed by atoms with van der Waals surface area (Å²) in [5, 5.41) is 12.4. The average molecular weight is 249 g/mol. The molecule has 1 heterocycles. The van der Waals surface area contributed by atoms with Crippen molar-refractivity contribution in [3.05, 3.63) is 29.8 Å². The number of carboxylic acid groups (broad SMARTS) is 1. The van der Waals surface area contributed by atoms with E-state index in [1.807, 2.05) is 31.2 Å². The number of benzene rings is 1. The van der Waals surface area contributed by atoms with Gasteiger partial charge in [-0.1, -0.05) is 19.1 Å². The van der Waals surface area contributed by atoms with Gasteiger partial charge in [0.2, 0.25) is 0 Å². The molecule has 2 N–H and O–H groups in total. The molecule has 4 nitrogen and oxygen atoms in total. The summed E-state index contributed by atoms with van der Waals surface area (Å²) in [6.45, 7) is 3.34. The minimum absolute atomic E-state index is 0.222. The fourth-order valence-corrected chi connectivity index (χ4v) is 2.65. The number of carbonyl (C=O) groups is 1. The zero-order valence-corrected chi connectivity index (χ0v) is 10.8. The molecule has 4 heteroatoms. The molecule has 1 aromatic rings. The number of aliphatic carboxylic acids is 1. The Hall–Kier alpha value is -1.55. The van der Waals surface area contributed by atoms with E-state index in [0.717, 1.165) is 24.3 Å². The van der Waals surface area contributed by atoms with Gasteiger partial charge in [-0.25, -0.2) is 0 Å². The minimum Gasteiger partial charge on any atom is -0.497 e. The van der Waals surface area contributed by atoms with Crippen molar-refractivity contribution in [2.75, 3.05) is 20.2 Å². The summed E-state index contributed by atoms with van der Waals surface area (Å²) in [4.78, 5) is 11.2. The summed E-state index contributed by atoms with van der Waals surface area (Å²) in [6, 6.07) is 7.83. The second-order valence-corrected chi connectivity index (χ2v) is 5.20. The van der Waals surface area contributed by atoms with Crippen molar-refractivity contribution in [3.8, 4) is 5.75 Å². The second-order valence-electron chi connectivity index (χ2n) is 5.20. The van der Waals surface area contributed by atoms with Gasteiger partial charge in [0.05, 0.1) is 13.0 Å². The van der Waals surface area contributed by atoms with Crippen molar-refractivity contribution in [1.82, 2.24) is 5.32 Å². The van der Waals surface area contributed by atoms with Gasteiger partial charge in [-0.05, 0) is 29.5 Å². The highest BCUT2D eigenvalue weighted by Crippen LogP contribution is 2.35. The lowest BCUT2D eigenvalue weighted by Gasteiger charge is -2.28. The van der Waals surface area contributed by atoms with Gasteiger partial charge in [0, 0.05) is 13.1 Å². The van der Waals surface area contributed by atoms with Crippen LogP contribution >= 0.6 is 0 Å². The molecule has 0 saturated carbocycles. The number of hydrogen-bond donors (Lipinski definition) is 2. The number of nitrogens with one attached hydrogen (secondary N) is 1. The largest absolute Gasteiger partial charge is 0.497 e. The summed E-state index contributed by atoms with van der Waals surface area (Å²) >= 11 is 0. The molecule has 2 unspecified atom stereocenters. The van der Waals surface area contributed by atoms with E-state index in [2.05, 4.69) is 5.32 Å². The van der Waals surface area contributed by atoms with E-state index in [1.54, 1.807) is 7.11 Å². The molecule has 0 spiro atoms. The predicted molar refractivity (Wildman–Crippen MR) is 68.8 cm³/mol. The van der Waals surface area contributed by atoms with E-state index in [0.29, 0.717) is 6.54 Å². The summed E-state index contributed by atoms with van der Waals surface area (Å²) in [5.41, 5.74) is 0.925. The molecule has 98 valence electrons. The van der Waals surface area contributed by atoms with Gasteiger partial charge >= 0.3 is 5.97 Å². The molecular formula is C14H19NO3. The zero-order valence-electron chi connectivity index (χ0n) is 10.8. The maximum atomic E-state index is 11.2. The van der Waals surface area contributed by atoms with Gasteiger partial charge in [0.25, 0.3) is 0 Å². The number of rotatable bonds is 4. The Morgan fingerprint density at radius 3 is 2.72 bits per heavy atom. The molecule has 2 rings (SSSR count). The van der Waals surface area contributed by atoms with Crippen LogP contribution in [0.1, 0.15) is 12.5 Å². The van der Waals surface area contributed by atoms with E-state index < -0.39 is 5.97 Å².